The van der Waals surface area contributed by atoms with E-state index in [0.29, 0.717) is 5.69 Å². The molecule has 8 nitrogen and oxygen atoms in total. The minimum atomic E-state index is -0.546. The van der Waals surface area contributed by atoms with E-state index in [2.05, 4.69) is 10.6 Å². The zero-order valence-corrected chi connectivity index (χ0v) is 14.1. The van der Waals surface area contributed by atoms with Crippen LogP contribution >= 0.6 is 0 Å². The molecule has 0 spiro atoms. The number of ether oxygens (including phenoxy) is 1. The van der Waals surface area contributed by atoms with Crippen LogP contribution in [0.3, 0.4) is 0 Å². The molecule has 132 valence electrons. The highest BCUT2D eigenvalue weighted by Crippen LogP contribution is 2.22. The van der Waals surface area contributed by atoms with Gasteiger partial charge >= 0.3 is 5.97 Å². The standard InChI is InChI=1S/C16H23N3O5/c1-16(2,3)24-15(21)9-11-18-14(20)8-10-17-12-6-4-5-7-13(12)19(22)23/h4-7,17H,8-11H2,1-3H3,(H,18,20). The molecular formula is C16H23N3O5. The van der Waals surface area contributed by atoms with E-state index < -0.39 is 10.5 Å². The second kappa shape index (κ2) is 8.85. The molecule has 1 amide bonds. The van der Waals surface area contributed by atoms with Crippen molar-refractivity contribution in [2.45, 2.75) is 39.2 Å². The van der Waals surface area contributed by atoms with E-state index >= 15 is 0 Å². The quantitative estimate of drug-likeness (QED) is 0.427. The number of para-hydroxylation sites is 2. The van der Waals surface area contributed by atoms with Crippen molar-refractivity contribution in [1.82, 2.24) is 5.32 Å². The first kappa shape index (κ1) is 19.4. The number of esters is 1. The number of hydrogen-bond acceptors (Lipinski definition) is 6. The minimum Gasteiger partial charge on any atom is -0.460 e. The van der Waals surface area contributed by atoms with Gasteiger partial charge in [0.2, 0.25) is 5.91 Å². The Morgan fingerprint density at radius 3 is 2.46 bits per heavy atom. The van der Waals surface area contributed by atoms with Crippen LogP contribution in [0.25, 0.3) is 0 Å². The Morgan fingerprint density at radius 1 is 1.17 bits per heavy atom. The topological polar surface area (TPSA) is 111 Å². The maximum absolute atomic E-state index is 11.7. The molecule has 0 atom stereocenters. The van der Waals surface area contributed by atoms with Crippen LogP contribution in [0, 0.1) is 10.1 Å². The third-order valence-electron chi connectivity index (χ3n) is 2.84. The van der Waals surface area contributed by atoms with Gasteiger partial charge in [-0.15, -0.1) is 0 Å². The molecule has 0 aliphatic rings. The van der Waals surface area contributed by atoms with Gasteiger partial charge in [-0.25, -0.2) is 0 Å². The van der Waals surface area contributed by atoms with Gasteiger partial charge in [-0.1, -0.05) is 12.1 Å². The molecule has 1 aromatic rings. The Kier molecular flexibility index (Phi) is 7.16. The number of amides is 1. The second-order valence-electron chi connectivity index (χ2n) is 6.14. The summed E-state index contributed by atoms with van der Waals surface area (Å²) in [6.07, 6.45) is 0.237. The highest BCUT2D eigenvalue weighted by molar-refractivity contribution is 5.77. The molecule has 0 saturated carbocycles. The molecule has 2 N–H and O–H groups in total. The molecule has 8 heteroatoms. The highest BCUT2D eigenvalue weighted by atomic mass is 16.6. The largest absolute Gasteiger partial charge is 0.460 e. The summed E-state index contributed by atoms with van der Waals surface area (Å²) in [5, 5.41) is 16.3. The molecule has 0 bridgehead atoms. The van der Waals surface area contributed by atoms with Crippen molar-refractivity contribution in [2.24, 2.45) is 0 Å². The van der Waals surface area contributed by atoms with Gasteiger partial charge in [0.1, 0.15) is 11.3 Å². The molecule has 0 unspecified atom stereocenters. The molecule has 1 aromatic carbocycles. The predicted octanol–water partition coefficient (Wildman–Crippen LogP) is 2.24. The summed E-state index contributed by atoms with van der Waals surface area (Å²) in [6, 6.07) is 6.23. The number of carbonyl (C=O) groups excluding carboxylic acids is 2. The molecular weight excluding hydrogens is 314 g/mol. The lowest BCUT2D eigenvalue weighted by atomic mass is 10.2. The van der Waals surface area contributed by atoms with Gasteiger partial charge in [0.15, 0.2) is 0 Å². The maximum Gasteiger partial charge on any atom is 0.308 e. The number of anilines is 1. The lowest BCUT2D eigenvalue weighted by molar-refractivity contribution is -0.384. The van der Waals surface area contributed by atoms with E-state index in [1.165, 1.54) is 6.07 Å². The third kappa shape index (κ3) is 7.57. The summed E-state index contributed by atoms with van der Waals surface area (Å²) in [5.41, 5.74) is -0.220. The van der Waals surface area contributed by atoms with Crippen LogP contribution < -0.4 is 10.6 Å². The summed E-state index contributed by atoms with van der Waals surface area (Å²) >= 11 is 0. The lowest BCUT2D eigenvalue weighted by Crippen LogP contribution is -2.30. The zero-order valence-electron chi connectivity index (χ0n) is 14.1. The molecule has 24 heavy (non-hydrogen) atoms. The van der Waals surface area contributed by atoms with Gasteiger partial charge in [-0.2, -0.15) is 0 Å². The number of hydrogen-bond donors (Lipinski definition) is 2. The fourth-order valence-electron chi connectivity index (χ4n) is 1.88. The predicted molar refractivity (Wildman–Crippen MR) is 89.7 cm³/mol. The van der Waals surface area contributed by atoms with Crippen LogP contribution in [0.2, 0.25) is 0 Å². The van der Waals surface area contributed by atoms with Crippen LogP contribution in [-0.4, -0.2) is 35.5 Å². The third-order valence-corrected chi connectivity index (χ3v) is 2.84. The van der Waals surface area contributed by atoms with Crippen molar-refractivity contribution in [3.8, 4) is 0 Å². The Morgan fingerprint density at radius 2 is 1.83 bits per heavy atom. The van der Waals surface area contributed by atoms with Crippen LogP contribution in [0.15, 0.2) is 24.3 Å². The van der Waals surface area contributed by atoms with Crippen molar-refractivity contribution in [3.05, 3.63) is 34.4 Å². The van der Waals surface area contributed by atoms with Gasteiger partial charge in [0.25, 0.3) is 5.69 Å². The maximum atomic E-state index is 11.7. The van der Waals surface area contributed by atoms with Gasteiger partial charge in [-0.05, 0) is 26.8 Å². The van der Waals surface area contributed by atoms with E-state index in [1.807, 2.05) is 0 Å². The number of benzene rings is 1. The molecule has 1 rings (SSSR count). The first-order chi connectivity index (χ1) is 11.2. The van der Waals surface area contributed by atoms with Gasteiger partial charge < -0.3 is 15.4 Å². The second-order valence-corrected chi connectivity index (χ2v) is 6.14. The fraction of sp³-hybridized carbons (Fsp3) is 0.500. The fourth-order valence-corrected chi connectivity index (χ4v) is 1.88. The molecule has 0 saturated heterocycles. The van der Waals surface area contributed by atoms with E-state index in [1.54, 1.807) is 39.0 Å². The molecule has 0 aliphatic carbocycles. The monoisotopic (exact) mass is 337 g/mol. The molecule has 0 aromatic heterocycles. The van der Waals surface area contributed by atoms with E-state index in [4.69, 9.17) is 4.74 Å². The first-order valence-corrected chi connectivity index (χ1v) is 7.65. The Balaban J connectivity index is 2.28. The Hall–Kier alpha value is -2.64. The van der Waals surface area contributed by atoms with E-state index in [9.17, 15) is 19.7 Å². The van der Waals surface area contributed by atoms with Gasteiger partial charge in [0.05, 0.1) is 11.3 Å². The number of nitro benzene ring substituents is 1. The average Bonchev–Trinajstić information content (AvgIpc) is 2.45. The first-order valence-electron chi connectivity index (χ1n) is 7.65. The number of nitro groups is 1. The molecule has 0 aliphatic heterocycles. The van der Waals surface area contributed by atoms with Crippen LogP contribution in [0.1, 0.15) is 33.6 Å². The van der Waals surface area contributed by atoms with Crippen LogP contribution in [-0.2, 0) is 14.3 Å². The summed E-state index contributed by atoms with van der Waals surface area (Å²) in [4.78, 5) is 33.6. The van der Waals surface area contributed by atoms with E-state index in [-0.39, 0.29) is 43.5 Å². The Bertz CT molecular complexity index is 596. The van der Waals surface area contributed by atoms with Crippen molar-refractivity contribution < 1.29 is 19.2 Å². The summed E-state index contributed by atoms with van der Waals surface area (Å²) in [7, 11) is 0. The number of rotatable bonds is 8. The molecule has 0 heterocycles. The molecule has 0 radical (unpaired) electrons. The van der Waals surface area contributed by atoms with Crippen molar-refractivity contribution in [1.29, 1.82) is 0 Å². The number of nitrogens with one attached hydrogen (secondary N) is 2. The zero-order chi connectivity index (χ0) is 18.2. The van der Waals surface area contributed by atoms with Gasteiger partial charge in [0, 0.05) is 25.6 Å². The summed E-state index contributed by atoms with van der Waals surface area (Å²) < 4.78 is 5.13. The van der Waals surface area contributed by atoms with E-state index in [0.717, 1.165) is 0 Å². The van der Waals surface area contributed by atoms with Crippen molar-refractivity contribution in [3.63, 3.8) is 0 Å². The smallest absolute Gasteiger partial charge is 0.308 e. The number of carbonyl (C=O) groups is 2. The summed E-state index contributed by atoms with van der Waals surface area (Å²) in [5.74, 6) is -0.620. The summed E-state index contributed by atoms with van der Waals surface area (Å²) in [6.45, 7) is 5.77. The highest BCUT2D eigenvalue weighted by Gasteiger charge is 2.16. The van der Waals surface area contributed by atoms with Crippen molar-refractivity contribution >= 4 is 23.3 Å². The number of nitrogens with zero attached hydrogens (tertiary/aromatic N) is 1. The average molecular weight is 337 g/mol. The normalized spacial score (nSPS) is 10.8. The van der Waals surface area contributed by atoms with Crippen LogP contribution in [0.5, 0.6) is 0 Å². The van der Waals surface area contributed by atoms with Crippen LogP contribution in [0.4, 0.5) is 11.4 Å². The molecule has 0 fully saturated rings. The van der Waals surface area contributed by atoms with Crippen molar-refractivity contribution in [2.75, 3.05) is 18.4 Å². The SMILES string of the molecule is CC(C)(C)OC(=O)CCNC(=O)CCNc1ccccc1[N+](=O)[O-]. The Labute approximate surface area is 140 Å². The van der Waals surface area contributed by atoms with Gasteiger partial charge in [-0.3, -0.25) is 19.7 Å². The minimum absolute atomic E-state index is 0.0390. The lowest BCUT2D eigenvalue weighted by Gasteiger charge is -2.19.